The molecule has 0 aliphatic heterocycles. The Morgan fingerprint density at radius 3 is 1.86 bits per heavy atom. The molecule has 0 bridgehead atoms. The van der Waals surface area contributed by atoms with Gasteiger partial charge in [0, 0.05) is 24.8 Å². The van der Waals surface area contributed by atoms with E-state index < -0.39 is 0 Å². The molecule has 0 aliphatic rings. The van der Waals surface area contributed by atoms with E-state index in [4.69, 9.17) is 4.74 Å². The third kappa shape index (κ3) is 6.39. The van der Waals surface area contributed by atoms with Crippen LogP contribution in [0.4, 0.5) is 16.2 Å². The number of carbonyl (C=O) groups excluding carboxylic acids is 2. The summed E-state index contributed by atoms with van der Waals surface area (Å²) in [6, 6.07) is 22.0. The molecule has 6 nitrogen and oxygen atoms in total. The molecular formula is C23H23N3O3. The maximum Gasteiger partial charge on any atom is 0.319 e. The highest BCUT2D eigenvalue weighted by Gasteiger charge is 2.04. The van der Waals surface area contributed by atoms with Crippen molar-refractivity contribution in [2.75, 3.05) is 10.6 Å². The minimum atomic E-state index is -0.303. The molecule has 29 heavy (non-hydrogen) atoms. The van der Waals surface area contributed by atoms with Crippen LogP contribution in [-0.2, 0) is 11.3 Å². The molecule has 3 aromatic rings. The third-order valence-electron chi connectivity index (χ3n) is 4.10. The van der Waals surface area contributed by atoms with Crippen LogP contribution in [0.1, 0.15) is 18.1 Å². The first kappa shape index (κ1) is 19.9. The van der Waals surface area contributed by atoms with E-state index in [0.29, 0.717) is 18.0 Å². The van der Waals surface area contributed by atoms with Gasteiger partial charge in [0.15, 0.2) is 0 Å². The minimum absolute atomic E-state index is 0.120. The standard InChI is InChI=1S/C23H23N3O3/c1-16-3-11-21(12-4-16)29-22-13-9-20(10-14-22)26-23(28)24-15-18-5-7-19(8-6-18)25-17(2)27/h3-14H,15H2,1-2H3,(H,25,27)(H2,24,26,28). The fourth-order valence-electron chi connectivity index (χ4n) is 2.62. The van der Waals surface area contributed by atoms with Crippen molar-refractivity contribution in [3.8, 4) is 11.5 Å². The Hall–Kier alpha value is -3.80. The molecule has 0 spiro atoms. The molecule has 0 saturated heterocycles. The van der Waals surface area contributed by atoms with Crippen molar-refractivity contribution in [2.45, 2.75) is 20.4 Å². The maximum atomic E-state index is 12.1. The van der Waals surface area contributed by atoms with Gasteiger partial charge >= 0.3 is 6.03 Å². The molecule has 3 aromatic carbocycles. The van der Waals surface area contributed by atoms with Crippen LogP contribution in [0, 0.1) is 6.92 Å². The summed E-state index contributed by atoms with van der Waals surface area (Å²) in [4.78, 5) is 23.1. The molecule has 3 N–H and O–H groups in total. The highest BCUT2D eigenvalue weighted by molar-refractivity contribution is 5.89. The zero-order chi connectivity index (χ0) is 20.6. The summed E-state index contributed by atoms with van der Waals surface area (Å²) >= 11 is 0. The van der Waals surface area contributed by atoms with Crippen LogP contribution in [0.5, 0.6) is 11.5 Å². The summed E-state index contributed by atoms with van der Waals surface area (Å²) < 4.78 is 5.78. The number of ether oxygens (including phenoxy) is 1. The predicted molar refractivity (Wildman–Crippen MR) is 114 cm³/mol. The van der Waals surface area contributed by atoms with Crippen molar-refractivity contribution in [2.24, 2.45) is 0 Å². The molecule has 148 valence electrons. The van der Waals surface area contributed by atoms with Gasteiger partial charge < -0.3 is 20.7 Å². The summed E-state index contributed by atoms with van der Waals surface area (Å²) in [5.41, 5.74) is 3.49. The zero-order valence-corrected chi connectivity index (χ0v) is 16.4. The first-order valence-electron chi connectivity index (χ1n) is 9.24. The van der Waals surface area contributed by atoms with Crippen molar-refractivity contribution in [3.05, 3.63) is 83.9 Å². The molecular weight excluding hydrogens is 366 g/mol. The number of rotatable bonds is 6. The lowest BCUT2D eigenvalue weighted by Crippen LogP contribution is -2.28. The van der Waals surface area contributed by atoms with Crippen LogP contribution in [0.3, 0.4) is 0 Å². The molecule has 0 saturated carbocycles. The van der Waals surface area contributed by atoms with Gasteiger partial charge in [-0.1, -0.05) is 29.8 Å². The number of carbonyl (C=O) groups is 2. The fourth-order valence-corrected chi connectivity index (χ4v) is 2.62. The van der Waals surface area contributed by atoms with Gasteiger partial charge in [0.1, 0.15) is 11.5 Å². The molecule has 0 unspecified atom stereocenters. The van der Waals surface area contributed by atoms with Crippen molar-refractivity contribution in [3.63, 3.8) is 0 Å². The minimum Gasteiger partial charge on any atom is -0.457 e. The number of nitrogens with one attached hydrogen (secondary N) is 3. The summed E-state index contributed by atoms with van der Waals surface area (Å²) in [5, 5.41) is 8.29. The van der Waals surface area contributed by atoms with Crippen LogP contribution in [0.2, 0.25) is 0 Å². The quantitative estimate of drug-likeness (QED) is 0.551. The zero-order valence-electron chi connectivity index (χ0n) is 16.4. The van der Waals surface area contributed by atoms with Crippen molar-refractivity contribution < 1.29 is 14.3 Å². The molecule has 3 rings (SSSR count). The number of anilines is 2. The average Bonchev–Trinajstić information content (AvgIpc) is 2.70. The number of hydrogen-bond donors (Lipinski definition) is 3. The SMILES string of the molecule is CC(=O)Nc1ccc(CNC(=O)Nc2ccc(Oc3ccc(C)cc3)cc2)cc1. The number of urea groups is 1. The number of benzene rings is 3. The third-order valence-corrected chi connectivity index (χ3v) is 4.10. The molecule has 0 fully saturated rings. The highest BCUT2D eigenvalue weighted by Crippen LogP contribution is 2.23. The van der Waals surface area contributed by atoms with Crippen LogP contribution >= 0.6 is 0 Å². The summed E-state index contributed by atoms with van der Waals surface area (Å²) in [5.74, 6) is 1.34. The second kappa shape index (κ2) is 9.41. The molecule has 6 heteroatoms. The molecule has 0 radical (unpaired) electrons. The predicted octanol–water partition coefficient (Wildman–Crippen LogP) is 5.07. The van der Waals surface area contributed by atoms with Crippen LogP contribution < -0.4 is 20.7 Å². The smallest absolute Gasteiger partial charge is 0.319 e. The number of amides is 3. The lowest BCUT2D eigenvalue weighted by atomic mass is 10.2. The van der Waals surface area contributed by atoms with Gasteiger partial charge in [-0.05, 0) is 61.0 Å². The van der Waals surface area contributed by atoms with E-state index in [0.717, 1.165) is 17.0 Å². The first-order valence-corrected chi connectivity index (χ1v) is 9.24. The normalized spacial score (nSPS) is 10.1. The van der Waals surface area contributed by atoms with Crippen LogP contribution in [0.25, 0.3) is 0 Å². The van der Waals surface area contributed by atoms with Gasteiger partial charge in [0.05, 0.1) is 0 Å². The molecule has 0 atom stereocenters. The second-order valence-corrected chi connectivity index (χ2v) is 6.63. The van der Waals surface area contributed by atoms with Crippen molar-refractivity contribution in [1.82, 2.24) is 5.32 Å². The summed E-state index contributed by atoms with van der Waals surface area (Å²) in [6.45, 7) is 3.86. The van der Waals surface area contributed by atoms with Gasteiger partial charge in [-0.25, -0.2) is 4.79 Å². The van der Waals surface area contributed by atoms with E-state index >= 15 is 0 Å². The van der Waals surface area contributed by atoms with E-state index in [1.165, 1.54) is 12.5 Å². The van der Waals surface area contributed by atoms with Crippen LogP contribution in [-0.4, -0.2) is 11.9 Å². The highest BCUT2D eigenvalue weighted by atomic mass is 16.5. The van der Waals surface area contributed by atoms with Crippen molar-refractivity contribution in [1.29, 1.82) is 0 Å². The Morgan fingerprint density at radius 2 is 1.28 bits per heavy atom. The maximum absolute atomic E-state index is 12.1. The van der Waals surface area contributed by atoms with E-state index in [1.807, 2.05) is 43.3 Å². The van der Waals surface area contributed by atoms with E-state index in [1.54, 1.807) is 36.4 Å². The molecule has 0 aliphatic carbocycles. The number of hydrogen-bond acceptors (Lipinski definition) is 3. The molecule has 0 heterocycles. The Labute approximate surface area is 169 Å². The van der Waals surface area contributed by atoms with Gasteiger partial charge in [-0.2, -0.15) is 0 Å². The summed E-state index contributed by atoms with van der Waals surface area (Å²) in [7, 11) is 0. The second-order valence-electron chi connectivity index (χ2n) is 6.63. The Balaban J connectivity index is 1.47. The Morgan fingerprint density at radius 1 is 0.759 bits per heavy atom. The van der Waals surface area contributed by atoms with Gasteiger partial charge in [0.2, 0.25) is 5.91 Å². The topological polar surface area (TPSA) is 79.5 Å². The molecule has 3 amide bonds. The largest absolute Gasteiger partial charge is 0.457 e. The van der Waals surface area contributed by atoms with E-state index in [-0.39, 0.29) is 11.9 Å². The van der Waals surface area contributed by atoms with Gasteiger partial charge in [0.25, 0.3) is 0 Å². The lowest BCUT2D eigenvalue weighted by Gasteiger charge is -2.10. The Kier molecular flexibility index (Phi) is 6.47. The van der Waals surface area contributed by atoms with Gasteiger partial charge in [-0.15, -0.1) is 0 Å². The van der Waals surface area contributed by atoms with E-state index in [2.05, 4.69) is 16.0 Å². The number of aryl methyl sites for hydroxylation is 1. The first-order chi connectivity index (χ1) is 14.0. The fraction of sp³-hybridized carbons (Fsp3) is 0.130. The average molecular weight is 389 g/mol. The van der Waals surface area contributed by atoms with Gasteiger partial charge in [-0.3, -0.25) is 4.79 Å². The van der Waals surface area contributed by atoms with E-state index in [9.17, 15) is 9.59 Å². The van der Waals surface area contributed by atoms with Crippen molar-refractivity contribution >= 4 is 23.3 Å². The van der Waals surface area contributed by atoms with Crippen LogP contribution in [0.15, 0.2) is 72.8 Å². The summed E-state index contributed by atoms with van der Waals surface area (Å²) in [6.07, 6.45) is 0. The lowest BCUT2D eigenvalue weighted by molar-refractivity contribution is -0.114. The monoisotopic (exact) mass is 389 g/mol. The Bertz CT molecular complexity index is 966. The molecule has 0 aromatic heterocycles.